The fourth-order valence-corrected chi connectivity index (χ4v) is 4.06. The third-order valence-electron chi connectivity index (χ3n) is 5.25. The quantitative estimate of drug-likeness (QED) is 0.407. The fourth-order valence-electron chi connectivity index (χ4n) is 3.77. The maximum atomic E-state index is 5.73. The van der Waals surface area contributed by atoms with Gasteiger partial charge in [-0.15, -0.1) is 0 Å². The molecule has 0 unspecified atom stereocenters. The Balaban J connectivity index is 1.36. The predicted octanol–water partition coefficient (Wildman–Crippen LogP) is 3.70. The second-order valence-corrected chi connectivity index (χ2v) is 7.37. The number of nitrogens with one attached hydrogen (secondary N) is 1. The van der Waals surface area contributed by atoms with Crippen LogP contribution in [0.4, 0.5) is 11.5 Å². The van der Waals surface area contributed by atoms with Crippen molar-refractivity contribution in [3.8, 4) is 0 Å². The number of fused-ring (bicyclic) bond motifs is 3. The zero-order valence-electron chi connectivity index (χ0n) is 15.8. The van der Waals surface area contributed by atoms with Crippen molar-refractivity contribution in [1.29, 1.82) is 0 Å². The molecule has 1 aliphatic heterocycles. The first-order chi connectivity index (χ1) is 14.3. The lowest BCUT2D eigenvalue weighted by Gasteiger charge is -2.36. The van der Waals surface area contributed by atoms with E-state index in [1.54, 1.807) is 0 Å². The van der Waals surface area contributed by atoms with Gasteiger partial charge in [0, 0.05) is 55.5 Å². The number of thiocarbonyl (C=S) groups is 1. The Hall–Kier alpha value is -3.32. The lowest BCUT2D eigenvalue weighted by molar-refractivity contribution is 0.389. The minimum Gasteiger partial charge on any atom is -0.353 e. The zero-order valence-corrected chi connectivity index (χ0v) is 16.6. The number of anilines is 2. The highest BCUT2D eigenvalue weighted by Gasteiger charge is 2.20. The molecule has 0 spiro atoms. The zero-order chi connectivity index (χ0) is 19.6. The Morgan fingerprint density at radius 1 is 0.828 bits per heavy atom. The Morgan fingerprint density at radius 3 is 2.38 bits per heavy atom. The van der Waals surface area contributed by atoms with Crippen molar-refractivity contribution in [2.75, 3.05) is 36.4 Å². The SMILES string of the molecule is S=C(Nc1cc2ncccc2c2cccnc12)N1CCN(c2ccccn2)CC1. The third kappa shape index (κ3) is 3.45. The first kappa shape index (κ1) is 17.8. The second-order valence-electron chi connectivity index (χ2n) is 6.99. The summed E-state index contributed by atoms with van der Waals surface area (Å²) in [7, 11) is 0. The number of rotatable bonds is 2. The first-order valence-electron chi connectivity index (χ1n) is 9.64. The van der Waals surface area contributed by atoms with E-state index in [1.807, 2.05) is 55.0 Å². The maximum absolute atomic E-state index is 5.73. The van der Waals surface area contributed by atoms with Gasteiger partial charge in [-0.05, 0) is 42.5 Å². The Kier molecular flexibility index (Phi) is 4.65. The third-order valence-corrected chi connectivity index (χ3v) is 5.61. The van der Waals surface area contributed by atoms with Crippen molar-refractivity contribution >= 4 is 50.6 Å². The molecule has 29 heavy (non-hydrogen) atoms. The van der Waals surface area contributed by atoms with E-state index < -0.39 is 0 Å². The highest BCUT2D eigenvalue weighted by atomic mass is 32.1. The van der Waals surface area contributed by atoms with Gasteiger partial charge in [0.1, 0.15) is 5.82 Å². The van der Waals surface area contributed by atoms with Crippen molar-refractivity contribution in [1.82, 2.24) is 19.9 Å². The molecule has 0 aliphatic carbocycles. The highest BCUT2D eigenvalue weighted by Crippen LogP contribution is 2.29. The van der Waals surface area contributed by atoms with E-state index in [1.165, 1.54) is 0 Å². The van der Waals surface area contributed by atoms with E-state index >= 15 is 0 Å². The van der Waals surface area contributed by atoms with Gasteiger partial charge in [-0.3, -0.25) is 9.97 Å². The lowest BCUT2D eigenvalue weighted by Crippen LogP contribution is -2.50. The summed E-state index contributed by atoms with van der Waals surface area (Å²) in [5.41, 5.74) is 2.73. The molecular weight excluding hydrogens is 380 g/mol. The standard InChI is InChI=1S/C22H20N6S/c29-22(28-13-11-27(12-14-28)20-7-1-2-8-24-20)26-19-15-18-16(5-3-9-23-18)17-6-4-10-25-21(17)19/h1-10,15H,11-14H2,(H,26,29). The van der Waals surface area contributed by atoms with Crippen LogP contribution >= 0.6 is 12.2 Å². The molecule has 1 N–H and O–H groups in total. The molecule has 6 nitrogen and oxygen atoms in total. The molecule has 144 valence electrons. The van der Waals surface area contributed by atoms with Gasteiger partial charge in [-0.25, -0.2) is 4.98 Å². The normalized spacial score (nSPS) is 14.3. The van der Waals surface area contributed by atoms with Crippen LogP contribution in [-0.4, -0.2) is 51.1 Å². The van der Waals surface area contributed by atoms with Crippen LogP contribution in [0, 0.1) is 0 Å². The van der Waals surface area contributed by atoms with Gasteiger partial charge in [0.05, 0.1) is 16.7 Å². The van der Waals surface area contributed by atoms with E-state index in [9.17, 15) is 0 Å². The number of hydrogen-bond donors (Lipinski definition) is 1. The van der Waals surface area contributed by atoms with E-state index in [0.717, 1.165) is 59.5 Å². The molecule has 5 rings (SSSR count). The van der Waals surface area contributed by atoms with E-state index in [-0.39, 0.29) is 0 Å². The van der Waals surface area contributed by atoms with E-state index in [2.05, 4.69) is 42.2 Å². The summed E-state index contributed by atoms with van der Waals surface area (Å²) < 4.78 is 0. The smallest absolute Gasteiger partial charge is 0.173 e. The number of benzene rings is 1. The van der Waals surface area contributed by atoms with Gasteiger partial charge < -0.3 is 15.1 Å². The summed E-state index contributed by atoms with van der Waals surface area (Å²) in [5.74, 6) is 1.02. The first-order valence-corrected chi connectivity index (χ1v) is 10.0. The van der Waals surface area contributed by atoms with Crippen LogP contribution in [0.2, 0.25) is 0 Å². The van der Waals surface area contributed by atoms with Crippen LogP contribution in [0.25, 0.3) is 21.8 Å². The number of aromatic nitrogens is 3. The Morgan fingerprint density at radius 2 is 1.59 bits per heavy atom. The minimum absolute atomic E-state index is 0.716. The van der Waals surface area contributed by atoms with Crippen LogP contribution in [0.1, 0.15) is 0 Å². The van der Waals surface area contributed by atoms with Crippen LogP contribution in [0.5, 0.6) is 0 Å². The summed E-state index contributed by atoms with van der Waals surface area (Å²) in [6, 6.07) is 16.1. The molecule has 0 saturated carbocycles. The molecule has 1 aliphatic rings. The molecule has 1 aromatic carbocycles. The average Bonchev–Trinajstić information content (AvgIpc) is 2.80. The summed E-state index contributed by atoms with van der Waals surface area (Å²) in [6.07, 6.45) is 5.45. The van der Waals surface area contributed by atoms with Gasteiger partial charge >= 0.3 is 0 Å². The van der Waals surface area contributed by atoms with E-state index in [4.69, 9.17) is 12.2 Å². The number of pyridine rings is 3. The van der Waals surface area contributed by atoms with Gasteiger partial charge in [0.15, 0.2) is 5.11 Å². The van der Waals surface area contributed by atoms with Crippen LogP contribution in [0.15, 0.2) is 67.1 Å². The average molecular weight is 401 g/mol. The lowest BCUT2D eigenvalue weighted by atomic mass is 10.1. The topological polar surface area (TPSA) is 57.2 Å². The van der Waals surface area contributed by atoms with Crippen LogP contribution in [0.3, 0.4) is 0 Å². The molecule has 1 saturated heterocycles. The molecule has 3 aromatic heterocycles. The van der Waals surface area contributed by atoms with Crippen molar-refractivity contribution in [2.24, 2.45) is 0 Å². The molecule has 0 radical (unpaired) electrons. The Bertz CT molecular complexity index is 1170. The fraction of sp³-hybridized carbons (Fsp3) is 0.182. The molecule has 7 heteroatoms. The maximum Gasteiger partial charge on any atom is 0.173 e. The number of nitrogens with zero attached hydrogens (tertiary/aromatic N) is 5. The van der Waals surface area contributed by atoms with Gasteiger partial charge in [0.25, 0.3) is 0 Å². The summed E-state index contributed by atoms with van der Waals surface area (Å²) in [4.78, 5) is 18.0. The molecule has 1 fully saturated rings. The monoisotopic (exact) mass is 400 g/mol. The molecule has 0 amide bonds. The van der Waals surface area contributed by atoms with Crippen LogP contribution < -0.4 is 10.2 Å². The summed E-state index contributed by atoms with van der Waals surface area (Å²) in [5, 5.41) is 6.30. The molecular formula is C22H20N6S. The van der Waals surface area contributed by atoms with Gasteiger partial charge in [0.2, 0.25) is 0 Å². The second kappa shape index (κ2) is 7.60. The van der Waals surface area contributed by atoms with Gasteiger partial charge in [-0.2, -0.15) is 0 Å². The summed E-state index contributed by atoms with van der Waals surface area (Å²) in [6.45, 7) is 3.47. The van der Waals surface area contributed by atoms with Gasteiger partial charge in [-0.1, -0.05) is 18.2 Å². The van der Waals surface area contributed by atoms with Crippen molar-refractivity contribution in [3.63, 3.8) is 0 Å². The van der Waals surface area contributed by atoms with E-state index in [0.29, 0.717) is 5.11 Å². The van der Waals surface area contributed by atoms with Crippen molar-refractivity contribution in [3.05, 3.63) is 67.1 Å². The van der Waals surface area contributed by atoms with Crippen LogP contribution in [-0.2, 0) is 0 Å². The molecule has 4 aromatic rings. The molecule has 0 atom stereocenters. The predicted molar refractivity (Wildman–Crippen MR) is 121 cm³/mol. The number of hydrogen-bond acceptors (Lipinski definition) is 5. The van der Waals surface area contributed by atoms with Crippen molar-refractivity contribution in [2.45, 2.75) is 0 Å². The Labute approximate surface area is 174 Å². The molecule has 0 bridgehead atoms. The highest BCUT2D eigenvalue weighted by molar-refractivity contribution is 7.80. The summed E-state index contributed by atoms with van der Waals surface area (Å²) >= 11 is 5.73. The van der Waals surface area contributed by atoms with Crippen molar-refractivity contribution < 1.29 is 0 Å². The number of piperazine rings is 1. The molecule has 4 heterocycles. The minimum atomic E-state index is 0.716. The largest absolute Gasteiger partial charge is 0.353 e.